The second kappa shape index (κ2) is 9.35. The molecule has 0 bridgehead atoms. The van der Waals surface area contributed by atoms with E-state index in [9.17, 15) is 4.79 Å². The van der Waals surface area contributed by atoms with E-state index in [2.05, 4.69) is 70.5 Å². The van der Waals surface area contributed by atoms with Crippen LogP contribution in [0.5, 0.6) is 0 Å². The smallest absolute Gasteiger partial charge is 0.224 e. The van der Waals surface area contributed by atoms with E-state index in [0.29, 0.717) is 6.42 Å². The number of piperazine rings is 1. The quantitative estimate of drug-likeness (QED) is 0.606. The van der Waals surface area contributed by atoms with Crippen LogP contribution in [-0.2, 0) is 11.2 Å². The molecule has 2 aromatic carbocycles. The second-order valence-electron chi connectivity index (χ2n) is 8.18. The number of nitrogens with one attached hydrogen (secondary N) is 2. The Bertz CT molecular complexity index is 1000. The van der Waals surface area contributed by atoms with E-state index in [1.54, 1.807) is 0 Å². The summed E-state index contributed by atoms with van der Waals surface area (Å²) in [5, 5.41) is 4.33. The standard InChI is InChI=1S/C25H32N4O/c1-3-28-13-15-29(16-14-28)24-12-11-21(17-19(24)2)27-25(30)10-6-7-20-18-26-23-9-5-4-8-22(20)23/h4-5,8-9,11-12,17-18,26H,3,6-7,10,13-16H2,1-2H3,(H,27,30). The number of hydrogen-bond donors (Lipinski definition) is 2. The summed E-state index contributed by atoms with van der Waals surface area (Å²) < 4.78 is 0. The normalized spacial score (nSPS) is 14.9. The number of likely N-dealkylation sites (N-methyl/N-ethyl adjacent to an activating group) is 1. The number of aromatic nitrogens is 1. The van der Waals surface area contributed by atoms with Crippen LogP contribution >= 0.6 is 0 Å². The summed E-state index contributed by atoms with van der Waals surface area (Å²) in [6.45, 7) is 9.84. The minimum atomic E-state index is 0.0820. The van der Waals surface area contributed by atoms with Crippen LogP contribution in [0.4, 0.5) is 11.4 Å². The molecule has 1 aromatic heterocycles. The van der Waals surface area contributed by atoms with Crippen LogP contribution in [0.2, 0.25) is 0 Å². The predicted molar refractivity (Wildman–Crippen MR) is 125 cm³/mol. The average molecular weight is 405 g/mol. The number of hydrogen-bond acceptors (Lipinski definition) is 3. The number of nitrogens with zero attached hydrogens (tertiary/aromatic N) is 2. The molecular formula is C25H32N4O. The third-order valence-corrected chi connectivity index (χ3v) is 6.17. The summed E-state index contributed by atoms with van der Waals surface area (Å²) in [5.41, 5.74) is 5.82. The van der Waals surface area contributed by atoms with Gasteiger partial charge in [-0.1, -0.05) is 25.1 Å². The number of H-pyrrole nitrogens is 1. The summed E-state index contributed by atoms with van der Waals surface area (Å²) in [5.74, 6) is 0.0820. The predicted octanol–water partition coefficient (Wildman–Crippen LogP) is 4.58. The first-order valence-electron chi connectivity index (χ1n) is 11.1. The third-order valence-electron chi connectivity index (χ3n) is 6.17. The van der Waals surface area contributed by atoms with Crippen molar-refractivity contribution in [2.24, 2.45) is 0 Å². The number of rotatable bonds is 7. The number of para-hydroxylation sites is 1. The van der Waals surface area contributed by atoms with Gasteiger partial charge in [-0.2, -0.15) is 0 Å². The SMILES string of the molecule is CCN1CCN(c2ccc(NC(=O)CCCc3c[nH]c4ccccc34)cc2C)CC1. The Morgan fingerprint density at radius 3 is 2.67 bits per heavy atom. The Labute approximate surface area is 179 Å². The van der Waals surface area contributed by atoms with Gasteiger partial charge in [0.15, 0.2) is 0 Å². The Balaban J connectivity index is 1.28. The molecule has 5 heteroatoms. The van der Waals surface area contributed by atoms with Crippen molar-refractivity contribution in [1.29, 1.82) is 0 Å². The highest BCUT2D eigenvalue weighted by atomic mass is 16.1. The maximum absolute atomic E-state index is 12.4. The highest BCUT2D eigenvalue weighted by Gasteiger charge is 2.17. The van der Waals surface area contributed by atoms with Crippen molar-refractivity contribution in [3.8, 4) is 0 Å². The molecule has 1 aliphatic heterocycles. The van der Waals surface area contributed by atoms with Gasteiger partial charge >= 0.3 is 0 Å². The lowest BCUT2D eigenvalue weighted by molar-refractivity contribution is -0.116. The van der Waals surface area contributed by atoms with Gasteiger partial charge in [-0.15, -0.1) is 0 Å². The number of aromatic amines is 1. The Kier molecular flexibility index (Phi) is 6.38. The second-order valence-corrected chi connectivity index (χ2v) is 8.18. The number of aryl methyl sites for hydroxylation is 2. The molecule has 2 heterocycles. The number of anilines is 2. The number of amides is 1. The highest BCUT2D eigenvalue weighted by molar-refractivity contribution is 5.91. The van der Waals surface area contributed by atoms with Crippen LogP contribution in [0.1, 0.15) is 30.9 Å². The molecule has 5 nitrogen and oxygen atoms in total. The van der Waals surface area contributed by atoms with Gasteiger partial charge in [0.2, 0.25) is 5.91 Å². The lowest BCUT2D eigenvalue weighted by Crippen LogP contribution is -2.46. The first-order valence-corrected chi connectivity index (χ1v) is 11.1. The Morgan fingerprint density at radius 1 is 1.10 bits per heavy atom. The molecule has 30 heavy (non-hydrogen) atoms. The van der Waals surface area contributed by atoms with Crippen LogP contribution < -0.4 is 10.2 Å². The van der Waals surface area contributed by atoms with Crippen molar-refractivity contribution in [2.45, 2.75) is 33.1 Å². The van der Waals surface area contributed by atoms with Crippen molar-refractivity contribution in [1.82, 2.24) is 9.88 Å². The number of benzene rings is 2. The molecule has 158 valence electrons. The lowest BCUT2D eigenvalue weighted by Gasteiger charge is -2.36. The summed E-state index contributed by atoms with van der Waals surface area (Å²) in [6.07, 6.45) is 4.33. The van der Waals surface area contributed by atoms with Crippen LogP contribution in [0.15, 0.2) is 48.7 Å². The fourth-order valence-electron chi connectivity index (χ4n) is 4.39. The molecule has 0 aliphatic carbocycles. The molecule has 0 unspecified atom stereocenters. The van der Waals surface area contributed by atoms with E-state index in [1.165, 1.54) is 22.2 Å². The lowest BCUT2D eigenvalue weighted by atomic mass is 10.1. The Hall–Kier alpha value is -2.79. The van der Waals surface area contributed by atoms with E-state index in [4.69, 9.17) is 0 Å². The molecule has 0 saturated carbocycles. The summed E-state index contributed by atoms with van der Waals surface area (Å²) in [6, 6.07) is 14.6. The summed E-state index contributed by atoms with van der Waals surface area (Å²) in [4.78, 5) is 20.7. The van der Waals surface area contributed by atoms with Crippen LogP contribution in [0, 0.1) is 6.92 Å². The van der Waals surface area contributed by atoms with E-state index in [1.807, 2.05) is 12.1 Å². The molecular weight excluding hydrogens is 372 g/mol. The molecule has 2 N–H and O–H groups in total. The first kappa shape index (κ1) is 20.5. The van der Waals surface area contributed by atoms with Crippen LogP contribution in [-0.4, -0.2) is 48.5 Å². The van der Waals surface area contributed by atoms with Crippen molar-refractivity contribution >= 4 is 28.2 Å². The molecule has 1 fully saturated rings. The molecule has 0 spiro atoms. The minimum absolute atomic E-state index is 0.0820. The number of fused-ring (bicyclic) bond motifs is 1. The van der Waals surface area contributed by atoms with Crippen molar-refractivity contribution in [3.63, 3.8) is 0 Å². The van der Waals surface area contributed by atoms with Gasteiger partial charge in [0, 0.05) is 61.1 Å². The maximum Gasteiger partial charge on any atom is 0.224 e. The molecule has 1 amide bonds. The maximum atomic E-state index is 12.4. The zero-order valence-electron chi connectivity index (χ0n) is 18.1. The van der Waals surface area contributed by atoms with Gasteiger partial charge < -0.3 is 20.1 Å². The van der Waals surface area contributed by atoms with Gasteiger partial charge in [0.05, 0.1) is 0 Å². The van der Waals surface area contributed by atoms with Crippen LogP contribution in [0.25, 0.3) is 10.9 Å². The van der Waals surface area contributed by atoms with Crippen molar-refractivity contribution in [3.05, 3.63) is 59.8 Å². The fourth-order valence-corrected chi connectivity index (χ4v) is 4.39. The molecule has 0 atom stereocenters. The molecule has 0 radical (unpaired) electrons. The zero-order valence-corrected chi connectivity index (χ0v) is 18.1. The van der Waals surface area contributed by atoms with E-state index >= 15 is 0 Å². The number of carbonyl (C=O) groups excluding carboxylic acids is 1. The van der Waals surface area contributed by atoms with Crippen molar-refractivity contribution < 1.29 is 4.79 Å². The summed E-state index contributed by atoms with van der Waals surface area (Å²) >= 11 is 0. The first-order chi connectivity index (χ1) is 14.6. The van der Waals surface area contributed by atoms with Gasteiger partial charge in [0.25, 0.3) is 0 Å². The fraction of sp³-hybridized carbons (Fsp3) is 0.400. The van der Waals surface area contributed by atoms with E-state index in [-0.39, 0.29) is 5.91 Å². The van der Waals surface area contributed by atoms with Gasteiger partial charge in [-0.05, 0) is 61.7 Å². The molecule has 1 aliphatic rings. The highest BCUT2D eigenvalue weighted by Crippen LogP contribution is 2.25. The molecule has 1 saturated heterocycles. The summed E-state index contributed by atoms with van der Waals surface area (Å²) in [7, 11) is 0. The van der Waals surface area contributed by atoms with Crippen molar-refractivity contribution in [2.75, 3.05) is 42.9 Å². The molecule has 4 rings (SSSR count). The largest absolute Gasteiger partial charge is 0.369 e. The van der Waals surface area contributed by atoms with Gasteiger partial charge in [-0.25, -0.2) is 0 Å². The monoisotopic (exact) mass is 404 g/mol. The van der Waals surface area contributed by atoms with Gasteiger partial charge in [-0.3, -0.25) is 4.79 Å². The van der Waals surface area contributed by atoms with E-state index in [0.717, 1.165) is 56.8 Å². The average Bonchev–Trinajstić information content (AvgIpc) is 3.17. The van der Waals surface area contributed by atoms with E-state index < -0.39 is 0 Å². The van der Waals surface area contributed by atoms with Crippen LogP contribution in [0.3, 0.4) is 0 Å². The number of carbonyl (C=O) groups is 1. The molecule has 3 aromatic rings. The Morgan fingerprint density at radius 2 is 1.90 bits per heavy atom. The zero-order chi connectivity index (χ0) is 20.9. The minimum Gasteiger partial charge on any atom is -0.369 e. The topological polar surface area (TPSA) is 51.4 Å². The third kappa shape index (κ3) is 4.68. The van der Waals surface area contributed by atoms with Gasteiger partial charge in [0.1, 0.15) is 0 Å².